The fourth-order valence-electron chi connectivity index (χ4n) is 3.22. The van der Waals surface area contributed by atoms with E-state index in [9.17, 15) is 22.8 Å². The van der Waals surface area contributed by atoms with Gasteiger partial charge in [-0.15, -0.1) is 0 Å². The Kier molecular flexibility index (Phi) is 6.37. The van der Waals surface area contributed by atoms with Crippen molar-refractivity contribution >= 4 is 44.3 Å². The molecule has 1 aliphatic rings. The van der Waals surface area contributed by atoms with E-state index >= 15 is 0 Å². The minimum absolute atomic E-state index is 0.0118. The smallest absolute Gasteiger partial charge is 0.329 e. The Morgan fingerprint density at radius 3 is 2.57 bits per heavy atom. The maximum absolute atomic E-state index is 12.8. The van der Waals surface area contributed by atoms with Gasteiger partial charge in [0.25, 0.3) is 5.91 Å². The van der Waals surface area contributed by atoms with Gasteiger partial charge in [-0.05, 0) is 17.9 Å². The summed E-state index contributed by atoms with van der Waals surface area (Å²) in [6, 6.07) is 11.5. The van der Waals surface area contributed by atoms with Gasteiger partial charge in [0.15, 0.2) is 0 Å². The van der Waals surface area contributed by atoms with Gasteiger partial charge in [0, 0.05) is 32.4 Å². The molecular formula is C20H24N4O5S. The van der Waals surface area contributed by atoms with E-state index in [4.69, 9.17) is 0 Å². The van der Waals surface area contributed by atoms with Gasteiger partial charge in [-0.1, -0.05) is 36.4 Å². The average Bonchev–Trinajstić information content (AvgIpc) is 2.99. The Morgan fingerprint density at radius 2 is 1.83 bits per heavy atom. The normalized spacial score (nSPS) is 16.9. The van der Waals surface area contributed by atoms with E-state index in [0.717, 1.165) is 20.0 Å². The van der Waals surface area contributed by atoms with Crippen molar-refractivity contribution in [2.45, 2.75) is 18.9 Å². The summed E-state index contributed by atoms with van der Waals surface area (Å²) in [5.74, 6) is -1.01. The topological polar surface area (TPSA) is 116 Å². The summed E-state index contributed by atoms with van der Waals surface area (Å²) in [7, 11) is -0.548. The van der Waals surface area contributed by atoms with E-state index in [1.165, 1.54) is 14.1 Å². The van der Waals surface area contributed by atoms with Crippen molar-refractivity contribution in [3.8, 4) is 0 Å². The molecule has 1 heterocycles. The molecular weight excluding hydrogens is 408 g/mol. The molecule has 1 saturated heterocycles. The first-order chi connectivity index (χ1) is 14.2. The van der Waals surface area contributed by atoms with Crippen molar-refractivity contribution in [2.24, 2.45) is 0 Å². The summed E-state index contributed by atoms with van der Waals surface area (Å²) >= 11 is 0. The monoisotopic (exact) mass is 432 g/mol. The fourth-order valence-corrected chi connectivity index (χ4v) is 3.95. The number of sulfonamides is 1. The molecule has 1 aliphatic heterocycles. The number of carbonyl (C=O) groups is 3. The van der Waals surface area contributed by atoms with Crippen LogP contribution in [0.2, 0.25) is 0 Å². The highest BCUT2D eigenvalue weighted by atomic mass is 32.2. The summed E-state index contributed by atoms with van der Waals surface area (Å²) < 4.78 is 24.5. The van der Waals surface area contributed by atoms with Gasteiger partial charge >= 0.3 is 6.03 Å². The molecule has 2 aromatic rings. The second-order valence-corrected chi connectivity index (χ2v) is 9.46. The van der Waals surface area contributed by atoms with E-state index in [-0.39, 0.29) is 31.0 Å². The minimum Gasteiger partial charge on any atom is -0.355 e. The number of rotatable bonds is 8. The van der Waals surface area contributed by atoms with Gasteiger partial charge in [-0.2, -0.15) is 0 Å². The molecule has 0 radical (unpaired) electrons. The van der Waals surface area contributed by atoms with E-state index < -0.39 is 28.0 Å². The Hall–Kier alpha value is -2.98. The number of amides is 4. The zero-order valence-corrected chi connectivity index (χ0v) is 17.6. The molecule has 3 rings (SSSR count). The van der Waals surface area contributed by atoms with Crippen LogP contribution >= 0.6 is 0 Å². The lowest BCUT2D eigenvalue weighted by Gasteiger charge is -2.15. The third-order valence-corrected chi connectivity index (χ3v) is 6.76. The van der Waals surface area contributed by atoms with E-state index in [1.54, 1.807) is 12.1 Å². The predicted molar refractivity (Wildman–Crippen MR) is 113 cm³/mol. The largest absolute Gasteiger partial charge is 0.355 e. The van der Waals surface area contributed by atoms with Crippen LogP contribution in [0.4, 0.5) is 10.5 Å². The SMILES string of the molecule is CN(C)S(=O)(=O)CCNC(=O)CC[C@@H]1NC(=O)N(c2cccc3ccccc23)C1=O. The lowest BCUT2D eigenvalue weighted by molar-refractivity contribution is -0.121. The van der Waals surface area contributed by atoms with Crippen molar-refractivity contribution < 1.29 is 22.8 Å². The molecule has 0 aromatic heterocycles. The first-order valence-corrected chi connectivity index (χ1v) is 11.1. The van der Waals surface area contributed by atoms with Crippen LogP contribution in [0.5, 0.6) is 0 Å². The van der Waals surface area contributed by atoms with Crippen LogP contribution in [-0.2, 0) is 19.6 Å². The lowest BCUT2D eigenvalue weighted by Crippen LogP contribution is -2.35. The third kappa shape index (κ3) is 4.60. The predicted octanol–water partition coefficient (Wildman–Crippen LogP) is 1.05. The highest BCUT2D eigenvalue weighted by Gasteiger charge is 2.39. The number of anilines is 1. The molecule has 4 amide bonds. The first kappa shape index (κ1) is 21.7. The van der Waals surface area contributed by atoms with Gasteiger partial charge in [0.1, 0.15) is 6.04 Å². The van der Waals surface area contributed by atoms with Crippen LogP contribution in [0, 0.1) is 0 Å². The second kappa shape index (κ2) is 8.80. The fraction of sp³-hybridized carbons (Fsp3) is 0.350. The van der Waals surface area contributed by atoms with Crippen LogP contribution in [0.15, 0.2) is 42.5 Å². The first-order valence-electron chi connectivity index (χ1n) is 9.50. The van der Waals surface area contributed by atoms with Crippen LogP contribution in [0.1, 0.15) is 12.8 Å². The number of carbonyl (C=O) groups excluding carboxylic acids is 3. The average molecular weight is 433 g/mol. The number of fused-ring (bicyclic) bond motifs is 1. The number of nitrogens with one attached hydrogen (secondary N) is 2. The number of hydrogen-bond acceptors (Lipinski definition) is 5. The molecule has 1 fully saturated rings. The van der Waals surface area contributed by atoms with E-state index in [0.29, 0.717) is 5.69 Å². The standard InChI is InChI=1S/C20H24N4O5S/c1-23(2)30(28,29)13-12-21-18(25)11-10-16-19(26)24(20(27)22-16)17-9-5-7-14-6-3-4-8-15(14)17/h3-9,16H,10-13H2,1-2H3,(H,21,25)(H,22,27)/t16-/m0/s1. The molecule has 0 spiro atoms. The number of hydrogen-bond donors (Lipinski definition) is 2. The summed E-state index contributed by atoms with van der Waals surface area (Å²) in [5.41, 5.74) is 0.497. The van der Waals surface area contributed by atoms with Crippen molar-refractivity contribution in [1.29, 1.82) is 0 Å². The number of urea groups is 1. The van der Waals surface area contributed by atoms with Crippen LogP contribution in [0.3, 0.4) is 0 Å². The van der Waals surface area contributed by atoms with Gasteiger partial charge in [0.2, 0.25) is 15.9 Å². The molecule has 2 N–H and O–H groups in total. The molecule has 160 valence electrons. The van der Waals surface area contributed by atoms with E-state index in [2.05, 4.69) is 10.6 Å². The molecule has 0 saturated carbocycles. The minimum atomic E-state index is -3.40. The zero-order valence-electron chi connectivity index (χ0n) is 16.8. The summed E-state index contributed by atoms with van der Waals surface area (Å²) in [6.45, 7) is -0.0214. The molecule has 30 heavy (non-hydrogen) atoms. The maximum Gasteiger partial charge on any atom is 0.329 e. The van der Waals surface area contributed by atoms with Gasteiger partial charge in [-0.25, -0.2) is 22.4 Å². The Labute approximate surface area is 175 Å². The Balaban J connectivity index is 1.60. The quantitative estimate of drug-likeness (QED) is 0.605. The number of benzene rings is 2. The maximum atomic E-state index is 12.8. The number of nitrogens with zero attached hydrogens (tertiary/aromatic N) is 2. The highest BCUT2D eigenvalue weighted by Crippen LogP contribution is 2.29. The second-order valence-electron chi connectivity index (χ2n) is 7.16. The molecule has 0 bridgehead atoms. The van der Waals surface area contributed by atoms with Gasteiger partial charge in [0.05, 0.1) is 11.4 Å². The lowest BCUT2D eigenvalue weighted by atomic mass is 10.1. The van der Waals surface area contributed by atoms with Crippen LogP contribution in [0.25, 0.3) is 10.8 Å². The van der Waals surface area contributed by atoms with Gasteiger partial charge in [-0.3, -0.25) is 9.59 Å². The van der Waals surface area contributed by atoms with Crippen molar-refractivity contribution in [1.82, 2.24) is 14.9 Å². The third-order valence-electron chi connectivity index (χ3n) is 4.93. The zero-order chi connectivity index (χ0) is 21.9. The summed E-state index contributed by atoms with van der Waals surface area (Å²) in [4.78, 5) is 38.4. The number of imide groups is 1. The highest BCUT2D eigenvalue weighted by molar-refractivity contribution is 7.89. The molecule has 9 nitrogen and oxygen atoms in total. The molecule has 0 aliphatic carbocycles. The molecule has 1 atom stereocenters. The van der Waals surface area contributed by atoms with Crippen LogP contribution in [-0.4, -0.2) is 63.0 Å². The molecule has 0 unspecified atom stereocenters. The van der Waals surface area contributed by atoms with Crippen molar-refractivity contribution in [3.63, 3.8) is 0 Å². The molecule has 2 aromatic carbocycles. The van der Waals surface area contributed by atoms with Gasteiger partial charge < -0.3 is 10.6 Å². The summed E-state index contributed by atoms with van der Waals surface area (Å²) in [5, 5.41) is 6.84. The summed E-state index contributed by atoms with van der Waals surface area (Å²) in [6.07, 6.45) is 0.111. The Bertz CT molecular complexity index is 1080. The van der Waals surface area contributed by atoms with Crippen molar-refractivity contribution in [2.75, 3.05) is 31.3 Å². The Morgan fingerprint density at radius 1 is 1.13 bits per heavy atom. The molecule has 10 heteroatoms. The van der Waals surface area contributed by atoms with Crippen LogP contribution < -0.4 is 15.5 Å². The van der Waals surface area contributed by atoms with Crippen molar-refractivity contribution in [3.05, 3.63) is 42.5 Å². The van der Waals surface area contributed by atoms with E-state index in [1.807, 2.05) is 30.3 Å².